The van der Waals surface area contributed by atoms with E-state index in [4.69, 9.17) is 16.7 Å². The Morgan fingerprint density at radius 2 is 2.15 bits per heavy atom. The van der Waals surface area contributed by atoms with Crippen LogP contribution in [0.25, 0.3) is 0 Å². The van der Waals surface area contributed by atoms with Gasteiger partial charge in [-0.1, -0.05) is 17.7 Å². The third-order valence-electron chi connectivity index (χ3n) is 2.83. The Kier molecular flexibility index (Phi) is 3.98. The number of halogens is 1. The molecule has 1 aliphatic heterocycles. The van der Waals surface area contributed by atoms with Crippen LogP contribution in [-0.2, 0) is 19.6 Å². The molecular formula is C11H11ClN2O5S. The SMILES string of the molecule is O=C1CN(S(=O)(=O)c2cccc(Cl)c2)C(C(=O)O)CN1. The zero-order valence-electron chi connectivity index (χ0n) is 10.1. The summed E-state index contributed by atoms with van der Waals surface area (Å²) in [5.41, 5.74) is 0. The highest BCUT2D eigenvalue weighted by molar-refractivity contribution is 7.89. The van der Waals surface area contributed by atoms with Crippen LogP contribution in [0.1, 0.15) is 0 Å². The van der Waals surface area contributed by atoms with E-state index in [-0.39, 0.29) is 16.5 Å². The third-order valence-corrected chi connectivity index (χ3v) is 4.91. The molecule has 0 radical (unpaired) electrons. The predicted molar refractivity (Wildman–Crippen MR) is 69.8 cm³/mol. The normalized spacial score (nSPS) is 20.4. The Morgan fingerprint density at radius 1 is 1.45 bits per heavy atom. The van der Waals surface area contributed by atoms with Crippen molar-refractivity contribution in [1.82, 2.24) is 9.62 Å². The van der Waals surface area contributed by atoms with Gasteiger partial charge in [0.15, 0.2) is 0 Å². The highest BCUT2D eigenvalue weighted by Crippen LogP contribution is 2.22. The number of aliphatic carboxylic acids is 1. The third kappa shape index (κ3) is 2.77. The molecule has 1 aromatic carbocycles. The molecule has 1 saturated heterocycles. The van der Waals surface area contributed by atoms with Crippen LogP contribution in [0.4, 0.5) is 0 Å². The van der Waals surface area contributed by atoms with E-state index in [1.807, 2.05) is 0 Å². The lowest BCUT2D eigenvalue weighted by Gasteiger charge is -2.31. The number of piperazine rings is 1. The Balaban J connectivity index is 2.44. The first-order chi connectivity index (χ1) is 9.32. The van der Waals surface area contributed by atoms with Crippen LogP contribution >= 0.6 is 11.6 Å². The van der Waals surface area contributed by atoms with Gasteiger partial charge >= 0.3 is 5.97 Å². The van der Waals surface area contributed by atoms with Gasteiger partial charge in [-0.05, 0) is 18.2 Å². The van der Waals surface area contributed by atoms with E-state index in [1.54, 1.807) is 0 Å². The fourth-order valence-corrected chi connectivity index (χ4v) is 3.68. The highest BCUT2D eigenvalue weighted by Gasteiger charge is 2.40. The maximum absolute atomic E-state index is 12.4. The standard InChI is InChI=1S/C11H11ClN2O5S/c12-7-2-1-3-8(4-7)20(18,19)14-6-10(15)13-5-9(14)11(16)17/h1-4,9H,5-6H2,(H,13,15)(H,16,17). The quantitative estimate of drug-likeness (QED) is 0.811. The van der Waals surface area contributed by atoms with E-state index in [1.165, 1.54) is 24.3 Å². The Bertz CT molecular complexity index is 661. The fraction of sp³-hybridized carbons (Fsp3) is 0.273. The number of hydrogen-bond acceptors (Lipinski definition) is 4. The van der Waals surface area contributed by atoms with Crippen LogP contribution in [0.15, 0.2) is 29.2 Å². The van der Waals surface area contributed by atoms with Crippen LogP contribution in [0.2, 0.25) is 5.02 Å². The van der Waals surface area contributed by atoms with Crippen LogP contribution in [0, 0.1) is 0 Å². The van der Waals surface area contributed by atoms with E-state index in [9.17, 15) is 18.0 Å². The van der Waals surface area contributed by atoms with Gasteiger partial charge in [-0.15, -0.1) is 0 Å². The van der Waals surface area contributed by atoms with Crippen molar-refractivity contribution < 1.29 is 23.1 Å². The van der Waals surface area contributed by atoms with Gasteiger partial charge in [0.2, 0.25) is 15.9 Å². The minimum Gasteiger partial charge on any atom is -0.480 e. The molecule has 108 valence electrons. The molecule has 1 aromatic rings. The second-order valence-corrected chi connectivity index (χ2v) is 6.49. The Hall–Kier alpha value is -1.64. The lowest BCUT2D eigenvalue weighted by molar-refractivity contribution is -0.143. The number of nitrogens with one attached hydrogen (secondary N) is 1. The molecular weight excluding hydrogens is 308 g/mol. The lowest BCUT2D eigenvalue weighted by atomic mass is 10.2. The van der Waals surface area contributed by atoms with Gasteiger partial charge in [0.05, 0.1) is 11.4 Å². The zero-order chi connectivity index (χ0) is 14.9. The molecule has 2 rings (SSSR count). The second-order valence-electron chi connectivity index (χ2n) is 4.17. The van der Waals surface area contributed by atoms with Gasteiger partial charge in [0.25, 0.3) is 0 Å². The van der Waals surface area contributed by atoms with Gasteiger partial charge in [-0.3, -0.25) is 9.59 Å². The minimum absolute atomic E-state index is 0.147. The summed E-state index contributed by atoms with van der Waals surface area (Å²) < 4.78 is 25.5. The van der Waals surface area contributed by atoms with Crippen LogP contribution in [0.3, 0.4) is 0 Å². The van der Waals surface area contributed by atoms with E-state index < -0.39 is 34.5 Å². The highest BCUT2D eigenvalue weighted by atomic mass is 35.5. The lowest BCUT2D eigenvalue weighted by Crippen LogP contribution is -2.59. The van der Waals surface area contributed by atoms with Crippen molar-refractivity contribution >= 4 is 33.5 Å². The Labute approximate surface area is 120 Å². The van der Waals surface area contributed by atoms with E-state index in [0.717, 1.165) is 0 Å². The van der Waals surface area contributed by atoms with Crippen LogP contribution in [0.5, 0.6) is 0 Å². The number of sulfonamides is 1. The van der Waals surface area contributed by atoms with Crippen LogP contribution < -0.4 is 5.32 Å². The number of benzene rings is 1. The molecule has 1 heterocycles. The molecule has 20 heavy (non-hydrogen) atoms. The maximum atomic E-state index is 12.4. The summed E-state index contributed by atoms with van der Waals surface area (Å²) in [6.07, 6.45) is 0. The number of carbonyl (C=O) groups is 2. The fourth-order valence-electron chi connectivity index (χ4n) is 1.85. The summed E-state index contributed by atoms with van der Waals surface area (Å²) in [5, 5.41) is 11.6. The second kappa shape index (κ2) is 5.39. The maximum Gasteiger partial charge on any atom is 0.323 e. The van der Waals surface area contributed by atoms with E-state index in [2.05, 4.69) is 5.32 Å². The van der Waals surface area contributed by atoms with Crippen molar-refractivity contribution in [2.24, 2.45) is 0 Å². The number of carboxylic acids is 1. The number of carboxylic acid groups (broad SMARTS) is 1. The van der Waals surface area contributed by atoms with Crippen molar-refractivity contribution in [3.63, 3.8) is 0 Å². The molecule has 0 bridgehead atoms. The molecule has 1 atom stereocenters. The monoisotopic (exact) mass is 318 g/mol. The molecule has 1 fully saturated rings. The summed E-state index contributed by atoms with van der Waals surface area (Å²) in [6, 6.07) is 4.11. The molecule has 1 unspecified atom stereocenters. The zero-order valence-corrected chi connectivity index (χ0v) is 11.7. The van der Waals surface area contributed by atoms with Gasteiger partial charge in [-0.2, -0.15) is 4.31 Å². The van der Waals surface area contributed by atoms with Gasteiger partial charge in [0, 0.05) is 11.6 Å². The van der Waals surface area contributed by atoms with Crippen molar-refractivity contribution in [3.8, 4) is 0 Å². The molecule has 1 aliphatic rings. The molecule has 0 aromatic heterocycles. The summed E-state index contributed by atoms with van der Waals surface area (Å²) in [4.78, 5) is 22.3. The number of nitrogens with zero attached hydrogens (tertiary/aromatic N) is 1. The van der Waals surface area contributed by atoms with Crippen molar-refractivity contribution in [1.29, 1.82) is 0 Å². The van der Waals surface area contributed by atoms with Gasteiger partial charge in [0.1, 0.15) is 6.04 Å². The minimum atomic E-state index is -4.10. The molecule has 0 saturated carbocycles. The first-order valence-electron chi connectivity index (χ1n) is 5.59. The number of hydrogen-bond donors (Lipinski definition) is 2. The largest absolute Gasteiger partial charge is 0.480 e. The Morgan fingerprint density at radius 3 is 2.75 bits per heavy atom. The molecule has 7 nitrogen and oxygen atoms in total. The smallest absolute Gasteiger partial charge is 0.323 e. The summed E-state index contributed by atoms with van der Waals surface area (Å²) in [7, 11) is -4.10. The summed E-state index contributed by atoms with van der Waals surface area (Å²) in [5.74, 6) is -1.87. The van der Waals surface area contributed by atoms with Gasteiger partial charge < -0.3 is 10.4 Å². The molecule has 9 heteroatoms. The molecule has 1 amide bonds. The van der Waals surface area contributed by atoms with Gasteiger partial charge in [-0.25, -0.2) is 8.42 Å². The van der Waals surface area contributed by atoms with Crippen molar-refractivity contribution in [2.45, 2.75) is 10.9 Å². The van der Waals surface area contributed by atoms with Crippen LogP contribution in [-0.4, -0.2) is 48.8 Å². The van der Waals surface area contributed by atoms with Crippen molar-refractivity contribution in [2.75, 3.05) is 13.1 Å². The number of carbonyl (C=O) groups excluding carboxylic acids is 1. The van der Waals surface area contributed by atoms with E-state index >= 15 is 0 Å². The molecule has 2 N–H and O–H groups in total. The average Bonchev–Trinajstić information content (AvgIpc) is 2.38. The first kappa shape index (κ1) is 14.8. The van der Waals surface area contributed by atoms with E-state index in [0.29, 0.717) is 4.31 Å². The molecule has 0 spiro atoms. The number of rotatable bonds is 3. The predicted octanol–water partition coefficient (Wildman–Crippen LogP) is -0.0863. The molecule has 0 aliphatic carbocycles. The first-order valence-corrected chi connectivity index (χ1v) is 7.41. The summed E-state index contributed by atoms with van der Waals surface area (Å²) >= 11 is 5.74. The average molecular weight is 319 g/mol. The number of amides is 1. The topological polar surface area (TPSA) is 104 Å². The summed E-state index contributed by atoms with van der Waals surface area (Å²) in [6.45, 7) is -0.806. The van der Waals surface area contributed by atoms with Crippen molar-refractivity contribution in [3.05, 3.63) is 29.3 Å².